The van der Waals surface area contributed by atoms with E-state index >= 15 is 0 Å². The minimum Gasteiger partial charge on any atom is -0.497 e. The van der Waals surface area contributed by atoms with Gasteiger partial charge in [-0.25, -0.2) is 0 Å². The molecule has 0 saturated carbocycles. The molecule has 1 aromatic heterocycles. The fraction of sp³-hybridized carbons (Fsp3) is 0.222. The fourth-order valence-corrected chi connectivity index (χ4v) is 2.39. The largest absolute Gasteiger partial charge is 0.497 e. The molecule has 0 aliphatic heterocycles. The monoisotopic (exact) mass is 293 g/mol. The number of hydrogen-bond acceptors (Lipinski definition) is 3. The maximum atomic E-state index is 5.19. The highest BCUT2D eigenvalue weighted by Gasteiger charge is 2.11. The minimum absolute atomic E-state index is 0.778. The van der Waals surface area contributed by atoms with Gasteiger partial charge in [0.25, 0.3) is 0 Å². The summed E-state index contributed by atoms with van der Waals surface area (Å²) >= 11 is 0. The van der Waals surface area contributed by atoms with E-state index in [1.165, 1.54) is 5.56 Å². The number of para-hydroxylation sites is 1. The average molecular weight is 293 g/mol. The van der Waals surface area contributed by atoms with Crippen molar-refractivity contribution >= 4 is 0 Å². The molecule has 4 heteroatoms. The molecule has 0 atom stereocenters. The first-order valence-electron chi connectivity index (χ1n) is 7.43. The molecule has 0 saturated heterocycles. The van der Waals surface area contributed by atoms with Gasteiger partial charge in [0.05, 0.1) is 24.2 Å². The van der Waals surface area contributed by atoms with Crippen molar-refractivity contribution in [1.82, 2.24) is 15.0 Å². The summed E-state index contributed by atoms with van der Waals surface area (Å²) in [6, 6.07) is 18.1. The molecule has 0 amide bonds. The molecule has 0 spiro atoms. The highest BCUT2D eigenvalue weighted by Crippen LogP contribution is 2.17. The Morgan fingerprint density at radius 3 is 2.23 bits per heavy atom. The van der Waals surface area contributed by atoms with E-state index in [9.17, 15) is 0 Å². The van der Waals surface area contributed by atoms with Crippen molar-refractivity contribution in [3.05, 3.63) is 71.5 Å². The van der Waals surface area contributed by atoms with E-state index in [4.69, 9.17) is 4.74 Å². The third-order valence-corrected chi connectivity index (χ3v) is 3.62. The van der Waals surface area contributed by atoms with E-state index < -0.39 is 0 Å². The first-order chi connectivity index (χ1) is 10.8. The molecule has 0 bridgehead atoms. The van der Waals surface area contributed by atoms with Crippen LogP contribution in [0, 0.1) is 0 Å². The zero-order chi connectivity index (χ0) is 15.4. The van der Waals surface area contributed by atoms with Gasteiger partial charge in [-0.1, -0.05) is 37.3 Å². The molecule has 0 radical (unpaired) electrons. The van der Waals surface area contributed by atoms with Gasteiger partial charge in [0.15, 0.2) is 0 Å². The van der Waals surface area contributed by atoms with Crippen LogP contribution in [-0.4, -0.2) is 22.1 Å². The number of ether oxygens (including phenoxy) is 1. The number of nitrogens with zero attached hydrogens (tertiary/aromatic N) is 3. The summed E-state index contributed by atoms with van der Waals surface area (Å²) in [5, 5.41) is 9.27. The summed E-state index contributed by atoms with van der Waals surface area (Å²) in [5.41, 5.74) is 4.25. The molecular weight excluding hydrogens is 274 g/mol. The summed E-state index contributed by atoms with van der Waals surface area (Å²) in [5.74, 6) is 0.868. The highest BCUT2D eigenvalue weighted by atomic mass is 16.5. The van der Waals surface area contributed by atoms with E-state index in [1.54, 1.807) is 11.9 Å². The van der Waals surface area contributed by atoms with E-state index in [-0.39, 0.29) is 0 Å². The van der Waals surface area contributed by atoms with E-state index in [1.807, 2.05) is 42.5 Å². The lowest BCUT2D eigenvalue weighted by Gasteiger charge is -2.02. The standard InChI is InChI=1S/C18H19N3O/c1-3-17-18(13-14-9-11-16(22-2)12-10-14)20-21(19-17)15-7-5-4-6-8-15/h4-12H,3,13H2,1-2H3. The second-order valence-corrected chi connectivity index (χ2v) is 5.10. The third kappa shape index (κ3) is 3.01. The molecule has 3 rings (SSSR count). The Bertz CT molecular complexity index is 733. The predicted octanol–water partition coefficient (Wildman–Crippen LogP) is 3.43. The number of rotatable bonds is 5. The predicted molar refractivity (Wildman–Crippen MR) is 86.5 cm³/mol. The molecule has 4 nitrogen and oxygen atoms in total. The van der Waals surface area contributed by atoms with Gasteiger partial charge in [-0.2, -0.15) is 15.0 Å². The van der Waals surface area contributed by atoms with Gasteiger partial charge < -0.3 is 4.74 Å². The molecule has 0 aliphatic rings. The van der Waals surface area contributed by atoms with Crippen molar-refractivity contribution in [2.45, 2.75) is 19.8 Å². The lowest BCUT2D eigenvalue weighted by molar-refractivity contribution is 0.414. The minimum atomic E-state index is 0.778. The molecule has 1 heterocycles. The van der Waals surface area contributed by atoms with Gasteiger partial charge in [-0.3, -0.25) is 0 Å². The van der Waals surface area contributed by atoms with Crippen LogP contribution in [0.4, 0.5) is 0 Å². The van der Waals surface area contributed by atoms with Crippen LogP contribution >= 0.6 is 0 Å². The van der Waals surface area contributed by atoms with Crippen LogP contribution in [0.5, 0.6) is 5.75 Å². The number of hydrogen-bond donors (Lipinski definition) is 0. The number of aromatic nitrogens is 3. The molecule has 2 aromatic carbocycles. The molecule has 0 unspecified atom stereocenters. The first-order valence-corrected chi connectivity index (χ1v) is 7.43. The SMILES string of the molecule is CCc1nn(-c2ccccc2)nc1Cc1ccc(OC)cc1. The van der Waals surface area contributed by atoms with Gasteiger partial charge in [0, 0.05) is 6.42 Å². The van der Waals surface area contributed by atoms with Crippen molar-refractivity contribution < 1.29 is 4.74 Å². The third-order valence-electron chi connectivity index (χ3n) is 3.62. The first kappa shape index (κ1) is 14.3. The van der Waals surface area contributed by atoms with Crippen LogP contribution in [0.15, 0.2) is 54.6 Å². The Kier molecular flexibility index (Phi) is 4.19. The highest BCUT2D eigenvalue weighted by molar-refractivity contribution is 5.32. The Morgan fingerprint density at radius 2 is 1.59 bits per heavy atom. The Balaban J connectivity index is 1.88. The Hall–Kier alpha value is -2.62. The van der Waals surface area contributed by atoms with Crippen LogP contribution in [0.1, 0.15) is 23.9 Å². The van der Waals surface area contributed by atoms with Crippen molar-refractivity contribution in [2.24, 2.45) is 0 Å². The van der Waals surface area contributed by atoms with E-state index in [0.29, 0.717) is 0 Å². The maximum absolute atomic E-state index is 5.19. The lowest BCUT2D eigenvalue weighted by atomic mass is 10.1. The van der Waals surface area contributed by atoms with Crippen molar-refractivity contribution in [3.63, 3.8) is 0 Å². The van der Waals surface area contributed by atoms with Crippen LogP contribution in [-0.2, 0) is 12.8 Å². The normalized spacial score (nSPS) is 10.6. The zero-order valence-corrected chi connectivity index (χ0v) is 12.9. The molecule has 112 valence electrons. The summed E-state index contributed by atoms with van der Waals surface area (Å²) < 4.78 is 5.19. The van der Waals surface area contributed by atoms with Crippen molar-refractivity contribution in [3.8, 4) is 11.4 Å². The summed E-state index contributed by atoms with van der Waals surface area (Å²) in [4.78, 5) is 1.72. The molecule has 0 fully saturated rings. The average Bonchev–Trinajstić information content (AvgIpc) is 2.99. The van der Waals surface area contributed by atoms with Crippen LogP contribution in [0.2, 0.25) is 0 Å². The second-order valence-electron chi connectivity index (χ2n) is 5.10. The van der Waals surface area contributed by atoms with Gasteiger partial charge >= 0.3 is 0 Å². The fourth-order valence-electron chi connectivity index (χ4n) is 2.39. The lowest BCUT2D eigenvalue weighted by Crippen LogP contribution is -1.99. The quantitative estimate of drug-likeness (QED) is 0.723. The van der Waals surface area contributed by atoms with Crippen LogP contribution in [0.25, 0.3) is 5.69 Å². The summed E-state index contributed by atoms with van der Waals surface area (Å²) in [7, 11) is 1.68. The Morgan fingerprint density at radius 1 is 0.909 bits per heavy atom. The zero-order valence-electron chi connectivity index (χ0n) is 12.9. The van der Waals surface area contributed by atoms with Crippen molar-refractivity contribution in [2.75, 3.05) is 7.11 Å². The van der Waals surface area contributed by atoms with Crippen molar-refractivity contribution in [1.29, 1.82) is 0 Å². The van der Waals surface area contributed by atoms with Crippen LogP contribution < -0.4 is 4.74 Å². The molecule has 0 aliphatic carbocycles. The number of benzene rings is 2. The number of aryl methyl sites for hydroxylation is 1. The summed E-state index contributed by atoms with van der Waals surface area (Å²) in [6.07, 6.45) is 1.65. The topological polar surface area (TPSA) is 39.9 Å². The van der Waals surface area contributed by atoms with Gasteiger partial charge in [-0.15, -0.1) is 0 Å². The molecular formula is C18H19N3O. The molecule has 22 heavy (non-hydrogen) atoms. The smallest absolute Gasteiger partial charge is 0.118 e. The molecule has 3 aromatic rings. The van der Waals surface area contributed by atoms with Gasteiger partial charge in [0.2, 0.25) is 0 Å². The molecule has 0 N–H and O–H groups in total. The Labute approximate surface area is 130 Å². The second kappa shape index (κ2) is 6.43. The number of methoxy groups -OCH3 is 1. The maximum Gasteiger partial charge on any atom is 0.118 e. The van der Waals surface area contributed by atoms with E-state index in [0.717, 1.165) is 35.7 Å². The van der Waals surface area contributed by atoms with Crippen LogP contribution in [0.3, 0.4) is 0 Å². The summed E-state index contributed by atoms with van der Waals surface area (Å²) in [6.45, 7) is 2.11. The van der Waals surface area contributed by atoms with E-state index in [2.05, 4.69) is 29.3 Å². The van der Waals surface area contributed by atoms with Gasteiger partial charge in [-0.05, 0) is 36.2 Å². The van der Waals surface area contributed by atoms with Gasteiger partial charge in [0.1, 0.15) is 5.75 Å².